The molecule has 1 aromatic rings. The molecule has 8 heteroatoms. The van der Waals surface area contributed by atoms with Crippen molar-refractivity contribution in [2.45, 2.75) is 11.0 Å². The Labute approximate surface area is 123 Å². The van der Waals surface area contributed by atoms with Crippen molar-refractivity contribution < 1.29 is 22.6 Å². The zero-order chi connectivity index (χ0) is 14.9. The number of rotatable bonds is 3. The Balaban J connectivity index is 1.87. The van der Waals surface area contributed by atoms with E-state index < -0.39 is 10.0 Å². The quantitative estimate of drug-likeness (QED) is 0.831. The Morgan fingerprint density at radius 1 is 1.19 bits per heavy atom. The van der Waals surface area contributed by atoms with E-state index in [1.54, 1.807) is 6.07 Å². The summed E-state index contributed by atoms with van der Waals surface area (Å²) in [6, 6.07) is 4.68. The van der Waals surface area contributed by atoms with Crippen LogP contribution in [-0.4, -0.2) is 58.3 Å². The van der Waals surface area contributed by atoms with Crippen LogP contribution < -0.4 is 15.2 Å². The number of hydrogen-bond acceptors (Lipinski definition) is 6. The summed E-state index contributed by atoms with van der Waals surface area (Å²) in [4.78, 5) is 0.199. The Hall–Kier alpha value is -1.35. The normalized spacial score (nSPS) is 23.0. The standard InChI is InChI=1S/C13H18N2O5S/c14-8-10-9-15(3-4-18-10)21(16,17)11-1-2-12-13(7-11)20-6-5-19-12/h1-2,7,10H,3-6,8-9,14H2/t10-/m1/s1. The summed E-state index contributed by atoms with van der Waals surface area (Å²) in [6.07, 6.45) is -0.259. The fourth-order valence-electron chi connectivity index (χ4n) is 2.39. The number of nitrogens with zero attached hydrogens (tertiary/aromatic N) is 1. The summed E-state index contributed by atoms with van der Waals surface area (Å²) >= 11 is 0. The third-order valence-electron chi connectivity index (χ3n) is 3.52. The highest BCUT2D eigenvalue weighted by Crippen LogP contribution is 2.33. The number of ether oxygens (including phenoxy) is 3. The zero-order valence-electron chi connectivity index (χ0n) is 11.5. The van der Waals surface area contributed by atoms with Crippen molar-refractivity contribution in [3.05, 3.63) is 18.2 Å². The van der Waals surface area contributed by atoms with Crippen LogP contribution in [0.15, 0.2) is 23.1 Å². The fraction of sp³-hybridized carbons (Fsp3) is 0.538. The fourth-order valence-corrected chi connectivity index (χ4v) is 3.86. The van der Waals surface area contributed by atoms with E-state index in [9.17, 15) is 8.42 Å². The van der Waals surface area contributed by atoms with E-state index in [-0.39, 0.29) is 17.5 Å². The van der Waals surface area contributed by atoms with E-state index in [1.165, 1.54) is 16.4 Å². The van der Waals surface area contributed by atoms with Crippen LogP contribution in [0.3, 0.4) is 0 Å². The highest BCUT2D eigenvalue weighted by Gasteiger charge is 2.31. The molecule has 0 spiro atoms. The van der Waals surface area contributed by atoms with Gasteiger partial charge in [0.05, 0.1) is 17.6 Å². The molecule has 1 aromatic carbocycles. The topological polar surface area (TPSA) is 91.1 Å². The first-order chi connectivity index (χ1) is 10.1. The molecule has 3 rings (SSSR count). The van der Waals surface area contributed by atoms with E-state index in [0.717, 1.165) is 0 Å². The van der Waals surface area contributed by atoms with Gasteiger partial charge < -0.3 is 19.9 Å². The Kier molecular flexibility index (Phi) is 4.03. The first kappa shape index (κ1) is 14.6. The molecule has 2 N–H and O–H groups in total. The van der Waals surface area contributed by atoms with E-state index in [1.807, 2.05) is 0 Å². The van der Waals surface area contributed by atoms with E-state index in [4.69, 9.17) is 19.9 Å². The van der Waals surface area contributed by atoms with Crippen LogP contribution in [0.2, 0.25) is 0 Å². The molecule has 2 heterocycles. The molecule has 0 saturated carbocycles. The predicted molar refractivity (Wildman–Crippen MR) is 75.0 cm³/mol. The molecule has 21 heavy (non-hydrogen) atoms. The minimum Gasteiger partial charge on any atom is -0.486 e. The Morgan fingerprint density at radius 3 is 2.71 bits per heavy atom. The third-order valence-corrected chi connectivity index (χ3v) is 5.38. The molecule has 0 aromatic heterocycles. The van der Waals surface area contributed by atoms with Crippen molar-refractivity contribution in [1.82, 2.24) is 4.31 Å². The lowest BCUT2D eigenvalue weighted by atomic mass is 10.3. The lowest BCUT2D eigenvalue weighted by molar-refractivity contribution is 0.00450. The summed E-state index contributed by atoms with van der Waals surface area (Å²) in [7, 11) is -3.58. The first-order valence-corrected chi connectivity index (χ1v) is 8.27. The van der Waals surface area contributed by atoms with Crippen LogP contribution in [-0.2, 0) is 14.8 Å². The van der Waals surface area contributed by atoms with Gasteiger partial charge in [0.15, 0.2) is 11.5 Å². The highest BCUT2D eigenvalue weighted by atomic mass is 32.2. The molecule has 2 aliphatic rings. The molecule has 0 bridgehead atoms. The second-order valence-electron chi connectivity index (χ2n) is 4.90. The van der Waals surface area contributed by atoms with Crippen molar-refractivity contribution in [3.8, 4) is 11.5 Å². The molecule has 0 aliphatic carbocycles. The third kappa shape index (κ3) is 2.84. The second kappa shape index (κ2) is 5.80. The molecule has 1 saturated heterocycles. The molecule has 1 fully saturated rings. The summed E-state index contributed by atoms with van der Waals surface area (Å²) in [6.45, 7) is 2.14. The van der Waals surface area contributed by atoms with Gasteiger partial charge in [-0.2, -0.15) is 4.31 Å². The monoisotopic (exact) mass is 314 g/mol. The minimum absolute atomic E-state index is 0.199. The van der Waals surface area contributed by atoms with Crippen molar-refractivity contribution >= 4 is 10.0 Å². The smallest absolute Gasteiger partial charge is 0.243 e. The molecule has 0 unspecified atom stereocenters. The lowest BCUT2D eigenvalue weighted by Gasteiger charge is -2.31. The molecule has 0 radical (unpaired) electrons. The van der Waals surface area contributed by atoms with Gasteiger partial charge >= 0.3 is 0 Å². The number of sulfonamides is 1. The lowest BCUT2D eigenvalue weighted by Crippen LogP contribution is -2.48. The van der Waals surface area contributed by atoms with Gasteiger partial charge in [0.25, 0.3) is 0 Å². The van der Waals surface area contributed by atoms with Gasteiger partial charge in [0.2, 0.25) is 10.0 Å². The first-order valence-electron chi connectivity index (χ1n) is 6.83. The van der Waals surface area contributed by atoms with Gasteiger partial charge in [-0.1, -0.05) is 0 Å². The molecule has 7 nitrogen and oxygen atoms in total. The SMILES string of the molecule is NC[C@@H]1CN(S(=O)(=O)c2ccc3c(c2)OCCO3)CCO1. The molecule has 2 aliphatic heterocycles. The van der Waals surface area contributed by atoms with Crippen molar-refractivity contribution in [2.75, 3.05) is 39.5 Å². The summed E-state index contributed by atoms with van der Waals surface area (Å²) in [5.74, 6) is 1.04. The van der Waals surface area contributed by atoms with E-state index >= 15 is 0 Å². The van der Waals surface area contributed by atoms with Crippen molar-refractivity contribution in [3.63, 3.8) is 0 Å². The average Bonchev–Trinajstić information content (AvgIpc) is 2.54. The number of nitrogens with two attached hydrogens (primary N) is 1. The number of fused-ring (bicyclic) bond motifs is 1. The maximum atomic E-state index is 12.7. The number of benzene rings is 1. The van der Waals surface area contributed by atoms with Gasteiger partial charge in [-0.25, -0.2) is 8.42 Å². The van der Waals surface area contributed by atoms with Crippen LogP contribution in [0.5, 0.6) is 11.5 Å². The van der Waals surface area contributed by atoms with Crippen LogP contribution in [0, 0.1) is 0 Å². The van der Waals surface area contributed by atoms with E-state index in [0.29, 0.717) is 44.4 Å². The van der Waals surface area contributed by atoms with Gasteiger partial charge in [-0.3, -0.25) is 0 Å². The summed E-state index contributed by atoms with van der Waals surface area (Å²) in [5.41, 5.74) is 5.56. The average molecular weight is 314 g/mol. The highest BCUT2D eigenvalue weighted by molar-refractivity contribution is 7.89. The van der Waals surface area contributed by atoms with Gasteiger partial charge in [-0.05, 0) is 12.1 Å². The maximum absolute atomic E-state index is 12.7. The van der Waals surface area contributed by atoms with Crippen molar-refractivity contribution in [1.29, 1.82) is 0 Å². The summed E-state index contributed by atoms with van der Waals surface area (Å²) in [5, 5.41) is 0. The largest absolute Gasteiger partial charge is 0.486 e. The number of hydrogen-bond donors (Lipinski definition) is 1. The minimum atomic E-state index is -3.58. The molecule has 116 valence electrons. The van der Waals surface area contributed by atoms with Crippen LogP contribution in [0.1, 0.15) is 0 Å². The van der Waals surface area contributed by atoms with Crippen LogP contribution >= 0.6 is 0 Å². The van der Waals surface area contributed by atoms with Crippen LogP contribution in [0.4, 0.5) is 0 Å². The molecule has 1 atom stereocenters. The van der Waals surface area contributed by atoms with Gasteiger partial charge in [-0.15, -0.1) is 0 Å². The molecular formula is C13H18N2O5S. The van der Waals surface area contributed by atoms with Gasteiger partial charge in [0, 0.05) is 25.7 Å². The zero-order valence-corrected chi connectivity index (χ0v) is 12.3. The van der Waals surface area contributed by atoms with Gasteiger partial charge in [0.1, 0.15) is 13.2 Å². The second-order valence-corrected chi connectivity index (χ2v) is 6.83. The summed E-state index contributed by atoms with van der Waals surface area (Å²) < 4.78 is 43.0. The maximum Gasteiger partial charge on any atom is 0.243 e. The molecular weight excluding hydrogens is 296 g/mol. The molecule has 0 amide bonds. The predicted octanol–water partition coefficient (Wildman–Crippen LogP) is -0.194. The van der Waals surface area contributed by atoms with Crippen LogP contribution in [0.25, 0.3) is 0 Å². The Bertz CT molecular complexity index is 619. The van der Waals surface area contributed by atoms with E-state index in [2.05, 4.69) is 0 Å². The Morgan fingerprint density at radius 2 is 1.95 bits per heavy atom. The number of morpholine rings is 1. The van der Waals surface area contributed by atoms with Crippen molar-refractivity contribution in [2.24, 2.45) is 5.73 Å².